The highest BCUT2D eigenvalue weighted by atomic mass is 16.7. The fraction of sp³-hybridized carbons (Fsp3) is 0.929. The van der Waals surface area contributed by atoms with E-state index in [2.05, 4.69) is 25.7 Å². The van der Waals surface area contributed by atoms with Crippen LogP contribution in [0.25, 0.3) is 0 Å². The fourth-order valence-electron chi connectivity index (χ4n) is 4.08. The number of carbonyl (C=O) groups is 2. The average Bonchev–Trinajstić information content (AvgIpc) is 2.88. The Bertz CT molecular complexity index is 510. The molecule has 0 radical (unpaired) electrons. The number of hydrogen-bond donors (Lipinski definition) is 2. The van der Waals surface area contributed by atoms with E-state index in [9.17, 15) is 9.59 Å². The second kappa shape index (κ2) is 25.3. The van der Waals surface area contributed by atoms with Crippen LogP contribution in [0.1, 0.15) is 117 Å². The molecule has 0 bridgehead atoms. The smallest absolute Gasteiger partial charge is 0.457 e. The summed E-state index contributed by atoms with van der Waals surface area (Å²) >= 11 is 0. The molecule has 1 atom stereocenters. The molecule has 1 unspecified atom stereocenters. The Kier molecular flexibility index (Phi) is 24.3. The van der Waals surface area contributed by atoms with E-state index in [1.165, 1.54) is 44.9 Å². The molecular weight excluding hydrogens is 462 g/mol. The molecule has 0 aromatic carbocycles. The Labute approximate surface area is 220 Å². The van der Waals surface area contributed by atoms with E-state index in [4.69, 9.17) is 24.4 Å². The predicted molar refractivity (Wildman–Crippen MR) is 143 cm³/mol. The van der Waals surface area contributed by atoms with Gasteiger partial charge < -0.3 is 29.3 Å². The largest absolute Gasteiger partial charge is 0.508 e. The fourth-order valence-corrected chi connectivity index (χ4v) is 4.08. The minimum absolute atomic E-state index is 0.0517. The molecule has 0 rings (SSSR count). The third-order valence-electron chi connectivity index (χ3n) is 6.50. The van der Waals surface area contributed by atoms with Gasteiger partial charge in [-0.2, -0.15) is 0 Å². The summed E-state index contributed by atoms with van der Waals surface area (Å²) < 4.78 is 15.8. The molecule has 36 heavy (non-hydrogen) atoms. The maximum Gasteiger partial charge on any atom is 0.508 e. The monoisotopic (exact) mass is 517 g/mol. The minimum atomic E-state index is -0.917. The predicted octanol–water partition coefficient (Wildman–Crippen LogP) is 5.62. The molecule has 0 aromatic heterocycles. The number of nitrogens with zero attached hydrogens (tertiary/aromatic N) is 1. The Morgan fingerprint density at radius 1 is 0.694 bits per heavy atom. The average molecular weight is 518 g/mol. The lowest BCUT2D eigenvalue weighted by Crippen LogP contribution is -2.27. The maximum atomic E-state index is 12.2. The van der Waals surface area contributed by atoms with Crippen molar-refractivity contribution < 1.29 is 34.0 Å². The topological polar surface area (TPSA) is 106 Å². The van der Waals surface area contributed by atoms with Crippen molar-refractivity contribution in [1.82, 2.24) is 4.90 Å². The highest BCUT2D eigenvalue weighted by Crippen LogP contribution is 2.17. The van der Waals surface area contributed by atoms with Gasteiger partial charge in [-0.3, -0.25) is 4.79 Å². The van der Waals surface area contributed by atoms with Gasteiger partial charge in [-0.05, 0) is 51.7 Å². The highest BCUT2D eigenvalue weighted by Gasteiger charge is 2.19. The van der Waals surface area contributed by atoms with Crippen molar-refractivity contribution in [2.75, 3.05) is 39.5 Å². The standard InChI is InChI=1S/C28H55NO7/c1-4-7-8-9-10-11-12-13-14-15-18-25(19-20-27(32)35-26(23-30)24-31)36-28(33)34-22-17-16-21-29(5-2)6-3/h25-26,30-31H,4-24H2,1-3H3. The number of ether oxygens (including phenoxy) is 3. The summed E-state index contributed by atoms with van der Waals surface area (Å²) in [5.41, 5.74) is 0. The molecule has 8 nitrogen and oxygen atoms in total. The molecule has 0 spiro atoms. The first-order chi connectivity index (χ1) is 17.5. The number of esters is 1. The van der Waals surface area contributed by atoms with Gasteiger partial charge in [0.2, 0.25) is 0 Å². The Hall–Kier alpha value is -1.38. The first-order valence-electron chi connectivity index (χ1n) is 14.5. The summed E-state index contributed by atoms with van der Waals surface area (Å²) in [6, 6.07) is 0. The van der Waals surface area contributed by atoms with Crippen LogP contribution in [-0.4, -0.2) is 78.9 Å². The molecule has 214 valence electrons. The van der Waals surface area contributed by atoms with Crippen LogP contribution >= 0.6 is 0 Å². The van der Waals surface area contributed by atoms with Crippen LogP contribution in [-0.2, 0) is 19.0 Å². The highest BCUT2D eigenvalue weighted by molar-refractivity contribution is 5.69. The Balaban J connectivity index is 4.33. The van der Waals surface area contributed by atoms with Crippen LogP contribution in [0, 0.1) is 0 Å². The van der Waals surface area contributed by atoms with E-state index in [0.717, 1.165) is 51.7 Å². The molecule has 0 amide bonds. The molecule has 0 aliphatic heterocycles. The zero-order valence-corrected chi connectivity index (χ0v) is 23.4. The molecule has 2 N–H and O–H groups in total. The maximum absolute atomic E-state index is 12.2. The van der Waals surface area contributed by atoms with Crippen LogP contribution in [0.5, 0.6) is 0 Å². The lowest BCUT2D eigenvalue weighted by atomic mass is 10.0. The minimum Gasteiger partial charge on any atom is -0.457 e. The van der Waals surface area contributed by atoms with E-state index in [-0.39, 0.29) is 6.42 Å². The van der Waals surface area contributed by atoms with Gasteiger partial charge in [0.05, 0.1) is 19.8 Å². The van der Waals surface area contributed by atoms with Crippen LogP contribution in [0.4, 0.5) is 4.79 Å². The van der Waals surface area contributed by atoms with Gasteiger partial charge in [0.15, 0.2) is 0 Å². The third-order valence-corrected chi connectivity index (χ3v) is 6.50. The van der Waals surface area contributed by atoms with Crippen molar-refractivity contribution in [2.45, 2.75) is 129 Å². The first kappa shape index (κ1) is 34.6. The lowest BCUT2D eigenvalue weighted by molar-refractivity contribution is -0.154. The van der Waals surface area contributed by atoms with Gasteiger partial charge in [0.1, 0.15) is 12.2 Å². The van der Waals surface area contributed by atoms with Crippen LogP contribution in [0.3, 0.4) is 0 Å². The number of aliphatic hydroxyl groups is 2. The number of rotatable bonds is 25. The van der Waals surface area contributed by atoms with E-state index in [1.54, 1.807) is 0 Å². The number of unbranched alkanes of at least 4 members (excludes halogenated alkanes) is 10. The third kappa shape index (κ3) is 20.8. The van der Waals surface area contributed by atoms with Crippen molar-refractivity contribution >= 4 is 12.1 Å². The normalized spacial score (nSPS) is 12.2. The van der Waals surface area contributed by atoms with Crippen LogP contribution < -0.4 is 0 Å². The molecule has 8 heteroatoms. The van der Waals surface area contributed by atoms with Crippen molar-refractivity contribution in [3.63, 3.8) is 0 Å². The van der Waals surface area contributed by atoms with Crippen LogP contribution in [0.2, 0.25) is 0 Å². The van der Waals surface area contributed by atoms with Crippen molar-refractivity contribution in [1.29, 1.82) is 0 Å². The molecule has 0 aliphatic rings. The summed E-state index contributed by atoms with van der Waals surface area (Å²) in [4.78, 5) is 26.6. The summed E-state index contributed by atoms with van der Waals surface area (Å²) in [5.74, 6) is -0.524. The number of hydrogen-bond acceptors (Lipinski definition) is 8. The zero-order valence-electron chi connectivity index (χ0n) is 23.4. The van der Waals surface area contributed by atoms with Gasteiger partial charge in [-0.15, -0.1) is 0 Å². The van der Waals surface area contributed by atoms with Gasteiger partial charge in [-0.25, -0.2) is 4.79 Å². The molecule has 0 saturated heterocycles. The van der Waals surface area contributed by atoms with E-state index < -0.39 is 37.5 Å². The summed E-state index contributed by atoms with van der Waals surface area (Å²) in [6.45, 7) is 8.97. The van der Waals surface area contributed by atoms with E-state index in [0.29, 0.717) is 19.4 Å². The Morgan fingerprint density at radius 3 is 1.83 bits per heavy atom. The number of carbonyl (C=O) groups excluding carboxylic acids is 2. The molecule has 0 saturated carbocycles. The van der Waals surface area contributed by atoms with Gasteiger partial charge >= 0.3 is 12.1 Å². The summed E-state index contributed by atoms with van der Waals surface area (Å²) in [5, 5.41) is 18.2. The van der Waals surface area contributed by atoms with Crippen LogP contribution in [0.15, 0.2) is 0 Å². The van der Waals surface area contributed by atoms with Crippen molar-refractivity contribution in [2.24, 2.45) is 0 Å². The van der Waals surface area contributed by atoms with Gasteiger partial charge in [0.25, 0.3) is 0 Å². The molecule has 0 fully saturated rings. The SMILES string of the molecule is CCCCCCCCCCCCC(CCC(=O)OC(CO)CO)OC(=O)OCCCCN(CC)CC. The summed E-state index contributed by atoms with van der Waals surface area (Å²) in [6.07, 6.45) is 13.0. The van der Waals surface area contributed by atoms with Crippen molar-refractivity contribution in [3.8, 4) is 0 Å². The first-order valence-corrected chi connectivity index (χ1v) is 14.5. The molecule has 0 aromatic rings. The van der Waals surface area contributed by atoms with Gasteiger partial charge in [-0.1, -0.05) is 78.6 Å². The second-order valence-electron chi connectivity index (χ2n) is 9.56. The van der Waals surface area contributed by atoms with Gasteiger partial charge in [0, 0.05) is 6.42 Å². The van der Waals surface area contributed by atoms with Crippen molar-refractivity contribution in [3.05, 3.63) is 0 Å². The number of aliphatic hydroxyl groups excluding tert-OH is 2. The Morgan fingerprint density at radius 2 is 1.28 bits per heavy atom. The zero-order chi connectivity index (χ0) is 26.9. The molecule has 0 aliphatic carbocycles. The lowest BCUT2D eigenvalue weighted by Gasteiger charge is -2.19. The summed E-state index contributed by atoms with van der Waals surface area (Å²) in [7, 11) is 0. The molecular formula is C28H55NO7. The quantitative estimate of drug-likeness (QED) is 0.119. The van der Waals surface area contributed by atoms with E-state index in [1.807, 2.05) is 0 Å². The molecule has 0 heterocycles. The van der Waals surface area contributed by atoms with E-state index >= 15 is 0 Å². The second-order valence-corrected chi connectivity index (χ2v) is 9.56.